The van der Waals surface area contributed by atoms with Crippen molar-refractivity contribution < 1.29 is 9.90 Å². The topological polar surface area (TPSA) is 75.7 Å². The molecule has 0 bridgehead atoms. The van der Waals surface area contributed by atoms with Crippen molar-refractivity contribution in [2.24, 2.45) is 10.7 Å². The summed E-state index contributed by atoms with van der Waals surface area (Å²) in [5.74, 6) is -1.07. The van der Waals surface area contributed by atoms with Crippen LogP contribution < -0.4 is 5.73 Å². The van der Waals surface area contributed by atoms with Gasteiger partial charge in [-0.05, 0) is 12.3 Å². The van der Waals surface area contributed by atoms with E-state index in [-0.39, 0.29) is 5.71 Å². The number of carbonyl (C=O) groups is 1. The lowest BCUT2D eigenvalue weighted by Gasteiger charge is -1.87. The van der Waals surface area contributed by atoms with Crippen molar-refractivity contribution in [3.63, 3.8) is 0 Å². The molecule has 0 aromatic rings. The first-order valence-electron chi connectivity index (χ1n) is 2.30. The molecule has 0 spiro atoms. The summed E-state index contributed by atoms with van der Waals surface area (Å²) in [5, 5.41) is 8.27. The Morgan fingerprint density at radius 1 is 1.78 bits per heavy atom. The Kier molecular flexibility index (Phi) is 3.12. The number of aliphatic carboxylic acids is 1. The minimum absolute atomic E-state index is 0.0440. The molecule has 0 aliphatic heterocycles. The number of nitrogens with zero attached hydrogens (tertiary/aromatic N) is 1. The van der Waals surface area contributed by atoms with Crippen LogP contribution in [-0.4, -0.2) is 23.8 Å². The lowest BCUT2D eigenvalue weighted by molar-refractivity contribution is -0.129. The average molecular weight is 128 g/mol. The Bertz CT molecular complexity index is 160. The van der Waals surface area contributed by atoms with E-state index in [9.17, 15) is 4.79 Å². The third-order valence-corrected chi connectivity index (χ3v) is 0.714. The molecule has 9 heavy (non-hydrogen) atoms. The Balaban J connectivity index is 4.19. The van der Waals surface area contributed by atoms with Crippen LogP contribution in [0.2, 0.25) is 0 Å². The van der Waals surface area contributed by atoms with Crippen molar-refractivity contribution in [1.82, 2.24) is 0 Å². The smallest absolute Gasteiger partial charge is 0.354 e. The quantitative estimate of drug-likeness (QED) is 0.497. The summed E-state index contributed by atoms with van der Waals surface area (Å²) in [4.78, 5) is 13.5. The number of hydrogen-bond donors (Lipinski definition) is 2. The van der Waals surface area contributed by atoms with Gasteiger partial charge in [-0.15, -0.1) is 0 Å². The van der Waals surface area contributed by atoms with Gasteiger partial charge in [0.25, 0.3) is 0 Å². The molecule has 0 radical (unpaired) electrons. The summed E-state index contributed by atoms with van der Waals surface area (Å²) in [7, 11) is 1.39. The molecule has 0 saturated carbocycles. The molecule has 0 rings (SSSR count). The molecule has 50 valence electrons. The molecule has 0 heterocycles. The number of nitrogens with two attached hydrogens (primary N) is 1. The second-order valence-electron chi connectivity index (χ2n) is 1.27. The van der Waals surface area contributed by atoms with Crippen LogP contribution in [0.3, 0.4) is 0 Å². The molecule has 0 atom stereocenters. The highest BCUT2D eigenvalue weighted by Crippen LogP contribution is 1.78. The predicted octanol–water partition coefficient (Wildman–Crippen LogP) is -0.386. The Morgan fingerprint density at radius 2 is 2.33 bits per heavy atom. The van der Waals surface area contributed by atoms with Gasteiger partial charge < -0.3 is 10.8 Å². The summed E-state index contributed by atoms with van der Waals surface area (Å²) in [6.07, 6.45) is 2.36. The maximum atomic E-state index is 10.1. The number of carboxylic acid groups (broad SMARTS) is 1. The minimum Gasteiger partial charge on any atom is -0.477 e. The van der Waals surface area contributed by atoms with Crippen molar-refractivity contribution in [2.45, 2.75) is 0 Å². The van der Waals surface area contributed by atoms with Crippen molar-refractivity contribution in [1.29, 1.82) is 0 Å². The molecule has 0 amide bonds. The second kappa shape index (κ2) is 3.65. The van der Waals surface area contributed by atoms with E-state index in [4.69, 9.17) is 10.8 Å². The first-order chi connectivity index (χ1) is 4.22. The highest BCUT2D eigenvalue weighted by atomic mass is 16.4. The third kappa shape index (κ3) is 2.48. The molecule has 4 nitrogen and oxygen atoms in total. The molecule has 0 aliphatic carbocycles. The van der Waals surface area contributed by atoms with Crippen molar-refractivity contribution in [2.75, 3.05) is 7.05 Å². The van der Waals surface area contributed by atoms with Gasteiger partial charge in [0.1, 0.15) is 5.71 Å². The van der Waals surface area contributed by atoms with Gasteiger partial charge in [0.05, 0.1) is 0 Å². The van der Waals surface area contributed by atoms with E-state index in [1.54, 1.807) is 0 Å². The highest BCUT2D eigenvalue weighted by molar-refractivity contribution is 6.40. The van der Waals surface area contributed by atoms with E-state index in [2.05, 4.69) is 4.99 Å². The van der Waals surface area contributed by atoms with Gasteiger partial charge in [-0.1, -0.05) is 0 Å². The molecule has 0 aromatic carbocycles. The van der Waals surface area contributed by atoms with Crippen molar-refractivity contribution in [3.05, 3.63) is 12.3 Å². The summed E-state index contributed by atoms with van der Waals surface area (Å²) in [5.41, 5.74) is 4.87. The van der Waals surface area contributed by atoms with Crippen LogP contribution in [0.15, 0.2) is 17.3 Å². The Morgan fingerprint density at radius 3 is 2.44 bits per heavy atom. The molecular weight excluding hydrogens is 120 g/mol. The van der Waals surface area contributed by atoms with E-state index in [0.717, 1.165) is 6.20 Å². The third-order valence-electron chi connectivity index (χ3n) is 0.714. The molecule has 3 N–H and O–H groups in total. The fourth-order valence-corrected chi connectivity index (χ4v) is 0.333. The van der Waals surface area contributed by atoms with E-state index < -0.39 is 5.97 Å². The minimum atomic E-state index is -1.07. The molecule has 0 unspecified atom stereocenters. The van der Waals surface area contributed by atoms with Gasteiger partial charge in [0, 0.05) is 7.05 Å². The number of carboxylic acids is 1. The molecular formula is C5H8N2O2. The summed E-state index contributed by atoms with van der Waals surface area (Å²) < 4.78 is 0. The van der Waals surface area contributed by atoms with E-state index >= 15 is 0 Å². The molecule has 4 heteroatoms. The van der Waals surface area contributed by atoms with Crippen LogP contribution in [0.4, 0.5) is 0 Å². The lowest BCUT2D eigenvalue weighted by Crippen LogP contribution is -2.09. The summed E-state index contributed by atoms with van der Waals surface area (Å²) in [6.45, 7) is 0. The molecule has 0 aliphatic rings. The van der Waals surface area contributed by atoms with Gasteiger partial charge in [-0.3, -0.25) is 4.99 Å². The zero-order valence-corrected chi connectivity index (χ0v) is 5.03. The lowest BCUT2D eigenvalue weighted by atomic mass is 10.4. The molecule has 0 aromatic heterocycles. The van der Waals surface area contributed by atoms with Crippen LogP contribution >= 0.6 is 0 Å². The first kappa shape index (κ1) is 7.68. The van der Waals surface area contributed by atoms with Crippen LogP contribution in [0.5, 0.6) is 0 Å². The van der Waals surface area contributed by atoms with Crippen molar-refractivity contribution in [3.8, 4) is 0 Å². The fourth-order valence-electron chi connectivity index (χ4n) is 0.333. The zero-order valence-electron chi connectivity index (χ0n) is 5.03. The number of rotatable bonds is 2. The van der Waals surface area contributed by atoms with Gasteiger partial charge >= 0.3 is 5.97 Å². The number of hydrogen-bond acceptors (Lipinski definition) is 3. The second-order valence-corrected chi connectivity index (χ2v) is 1.27. The number of aliphatic imine (C=N–C) groups is 1. The van der Waals surface area contributed by atoms with Gasteiger partial charge in [0.2, 0.25) is 0 Å². The van der Waals surface area contributed by atoms with Crippen LogP contribution in [0.25, 0.3) is 0 Å². The molecule has 0 fully saturated rings. The fraction of sp³-hybridized carbons (Fsp3) is 0.200. The average Bonchev–Trinajstić information content (AvgIpc) is 1.82. The predicted molar refractivity (Wildman–Crippen MR) is 34.3 cm³/mol. The van der Waals surface area contributed by atoms with Gasteiger partial charge in [-0.2, -0.15) is 0 Å². The largest absolute Gasteiger partial charge is 0.477 e. The normalized spacial score (nSPS) is 12.3. The van der Waals surface area contributed by atoms with Crippen LogP contribution in [-0.2, 0) is 4.79 Å². The SMILES string of the molecule is CN=C(C=CN)C(=O)O. The van der Waals surface area contributed by atoms with E-state index in [1.165, 1.54) is 13.1 Å². The van der Waals surface area contributed by atoms with Gasteiger partial charge in [0.15, 0.2) is 0 Å². The summed E-state index contributed by atoms with van der Waals surface area (Å²) >= 11 is 0. The monoisotopic (exact) mass is 128 g/mol. The van der Waals surface area contributed by atoms with E-state index in [0.29, 0.717) is 0 Å². The Labute approximate surface area is 52.7 Å². The first-order valence-corrected chi connectivity index (χ1v) is 2.30. The summed E-state index contributed by atoms with van der Waals surface area (Å²) in [6, 6.07) is 0. The van der Waals surface area contributed by atoms with Crippen LogP contribution in [0.1, 0.15) is 0 Å². The Hall–Kier alpha value is -1.32. The maximum absolute atomic E-state index is 10.1. The van der Waals surface area contributed by atoms with Gasteiger partial charge in [-0.25, -0.2) is 4.79 Å². The maximum Gasteiger partial charge on any atom is 0.354 e. The highest BCUT2D eigenvalue weighted by Gasteiger charge is 2.00. The van der Waals surface area contributed by atoms with E-state index in [1.807, 2.05) is 0 Å². The molecule has 0 saturated heterocycles. The van der Waals surface area contributed by atoms with Crippen molar-refractivity contribution >= 4 is 11.7 Å². The van der Waals surface area contributed by atoms with Crippen LogP contribution in [0, 0.1) is 0 Å². The zero-order chi connectivity index (χ0) is 7.28. The standard InChI is InChI=1S/C5H8N2O2/c1-7-4(2-3-6)5(8)9/h2-3H,6H2,1H3,(H,8,9).